The summed E-state index contributed by atoms with van der Waals surface area (Å²) >= 11 is 0. The molecule has 1 aromatic rings. The molecule has 0 aliphatic rings. The molecule has 1 aromatic carbocycles. The van der Waals surface area contributed by atoms with Crippen molar-refractivity contribution in [1.29, 1.82) is 0 Å². The van der Waals surface area contributed by atoms with E-state index in [2.05, 4.69) is 4.74 Å². The quantitative estimate of drug-likeness (QED) is 0.714. The van der Waals surface area contributed by atoms with Crippen molar-refractivity contribution < 1.29 is 18.1 Å². The number of hydrogen-bond acceptors (Lipinski definition) is 3. The molecule has 0 saturated heterocycles. The highest BCUT2D eigenvalue weighted by Gasteiger charge is 2.26. The molecule has 0 fully saturated rings. The average molecular weight is 216 g/mol. The number of alkyl halides is 1. The number of rotatable bonds is 3. The van der Waals surface area contributed by atoms with Crippen molar-refractivity contribution in [2.24, 2.45) is 0 Å². The third-order valence-corrected chi connectivity index (χ3v) is 2.86. The summed E-state index contributed by atoms with van der Waals surface area (Å²) in [4.78, 5) is 11.0. The van der Waals surface area contributed by atoms with Crippen molar-refractivity contribution in [2.45, 2.75) is 10.4 Å². The minimum atomic E-state index is -2.12. The second-order valence-corrected chi connectivity index (χ2v) is 3.93. The fourth-order valence-corrected chi connectivity index (χ4v) is 1.79. The van der Waals surface area contributed by atoms with E-state index in [4.69, 9.17) is 0 Å². The molecule has 0 aliphatic heterocycles. The van der Waals surface area contributed by atoms with E-state index in [9.17, 15) is 13.4 Å². The van der Waals surface area contributed by atoms with E-state index in [0.717, 1.165) is 7.11 Å². The largest absolute Gasteiger partial charge is 0.466 e. The van der Waals surface area contributed by atoms with Crippen LogP contribution in [0.5, 0.6) is 0 Å². The van der Waals surface area contributed by atoms with Crippen LogP contribution in [0.25, 0.3) is 0 Å². The Labute approximate surface area is 83.3 Å². The Morgan fingerprint density at radius 2 is 2.00 bits per heavy atom. The van der Waals surface area contributed by atoms with Crippen molar-refractivity contribution in [3.8, 4) is 0 Å². The number of esters is 1. The normalized spacial score (nSPS) is 14.4. The molecule has 14 heavy (non-hydrogen) atoms. The third-order valence-electron chi connectivity index (χ3n) is 1.55. The molecule has 0 bridgehead atoms. The van der Waals surface area contributed by atoms with Gasteiger partial charge in [-0.25, -0.2) is 9.18 Å². The maximum Gasteiger partial charge on any atom is 0.354 e. The monoisotopic (exact) mass is 216 g/mol. The van der Waals surface area contributed by atoms with Gasteiger partial charge in [-0.1, -0.05) is 18.2 Å². The van der Waals surface area contributed by atoms with Gasteiger partial charge in [-0.2, -0.15) is 0 Å². The summed E-state index contributed by atoms with van der Waals surface area (Å²) in [5, 5.41) is 0. The maximum absolute atomic E-state index is 13.1. The van der Waals surface area contributed by atoms with Crippen LogP contribution >= 0.6 is 0 Å². The van der Waals surface area contributed by atoms with Crippen molar-refractivity contribution >= 4 is 16.8 Å². The smallest absolute Gasteiger partial charge is 0.354 e. The van der Waals surface area contributed by atoms with Crippen molar-refractivity contribution in [2.75, 3.05) is 7.11 Å². The van der Waals surface area contributed by atoms with Crippen LogP contribution in [0.3, 0.4) is 0 Å². The van der Waals surface area contributed by atoms with Crippen LogP contribution in [-0.2, 0) is 20.3 Å². The summed E-state index contributed by atoms with van der Waals surface area (Å²) < 4.78 is 28.6. The van der Waals surface area contributed by atoms with E-state index in [0.29, 0.717) is 0 Å². The Kier molecular flexibility index (Phi) is 3.76. The standard InChI is InChI=1S/C9H9FO3S/c1-13-9(11)8(10)14(12)7-5-3-2-4-6-7/h2-6,8H,1H3. The van der Waals surface area contributed by atoms with E-state index in [1.54, 1.807) is 18.2 Å². The van der Waals surface area contributed by atoms with Gasteiger partial charge in [0.1, 0.15) is 0 Å². The second kappa shape index (κ2) is 4.85. The van der Waals surface area contributed by atoms with Crippen molar-refractivity contribution in [3.05, 3.63) is 30.3 Å². The molecule has 5 heteroatoms. The van der Waals surface area contributed by atoms with Crippen LogP contribution in [0.15, 0.2) is 35.2 Å². The molecule has 0 aliphatic carbocycles. The first-order chi connectivity index (χ1) is 6.66. The number of methoxy groups -OCH3 is 1. The highest BCUT2D eigenvalue weighted by molar-refractivity contribution is 7.86. The van der Waals surface area contributed by atoms with Gasteiger partial charge in [0.15, 0.2) is 0 Å². The molecule has 0 spiro atoms. The van der Waals surface area contributed by atoms with E-state index in [-0.39, 0.29) is 4.90 Å². The summed E-state index contributed by atoms with van der Waals surface area (Å²) in [5.74, 6) is -1.12. The van der Waals surface area contributed by atoms with Crippen molar-refractivity contribution in [3.63, 3.8) is 0 Å². The van der Waals surface area contributed by atoms with Crippen LogP contribution in [-0.4, -0.2) is 22.8 Å². The lowest BCUT2D eigenvalue weighted by Crippen LogP contribution is -2.22. The Bertz CT molecular complexity index is 339. The molecule has 76 valence electrons. The summed E-state index contributed by atoms with van der Waals surface area (Å²) in [6.45, 7) is 0. The molecule has 0 aromatic heterocycles. The lowest BCUT2D eigenvalue weighted by atomic mass is 10.4. The number of benzene rings is 1. The fraction of sp³-hybridized carbons (Fsp3) is 0.222. The van der Waals surface area contributed by atoms with Gasteiger partial charge in [0.25, 0.3) is 5.50 Å². The van der Waals surface area contributed by atoms with E-state index < -0.39 is 22.3 Å². The summed E-state index contributed by atoms with van der Waals surface area (Å²) in [6, 6.07) is 7.94. The Hall–Kier alpha value is -1.23. The zero-order valence-corrected chi connectivity index (χ0v) is 8.29. The summed E-state index contributed by atoms with van der Waals surface area (Å²) in [7, 11) is -0.947. The summed E-state index contributed by atoms with van der Waals surface area (Å²) in [6.07, 6.45) is 0. The number of hydrogen-bond donors (Lipinski definition) is 0. The Morgan fingerprint density at radius 1 is 1.43 bits per heavy atom. The van der Waals surface area contributed by atoms with Gasteiger partial charge in [0.05, 0.1) is 17.9 Å². The molecule has 1 rings (SSSR count). The number of halogens is 1. The second-order valence-electron chi connectivity index (χ2n) is 2.45. The molecular formula is C9H9FO3S. The third kappa shape index (κ3) is 2.38. The zero-order valence-electron chi connectivity index (χ0n) is 7.48. The molecular weight excluding hydrogens is 207 g/mol. The predicted molar refractivity (Wildman–Crippen MR) is 49.8 cm³/mol. The minimum absolute atomic E-state index is 0.269. The molecule has 2 unspecified atom stereocenters. The number of carbonyl (C=O) groups excluding carboxylic acids is 1. The molecule has 0 radical (unpaired) electrons. The van der Waals surface area contributed by atoms with Crippen LogP contribution in [0.4, 0.5) is 4.39 Å². The SMILES string of the molecule is COC(=O)C(F)S(=O)c1ccccc1. The van der Waals surface area contributed by atoms with Gasteiger partial charge in [-0.05, 0) is 12.1 Å². The van der Waals surface area contributed by atoms with Gasteiger partial charge in [0, 0.05) is 4.90 Å². The lowest BCUT2D eigenvalue weighted by Gasteiger charge is -2.05. The van der Waals surface area contributed by atoms with Gasteiger partial charge in [-0.3, -0.25) is 4.21 Å². The highest BCUT2D eigenvalue weighted by Crippen LogP contribution is 2.12. The van der Waals surface area contributed by atoms with Crippen LogP contribution in [0.1, 0.15) is 0 Å². The number of ether oxygens (including phenoxy) is 1. The minimum Gasteiger partial charge on any atom is -0.466 e. The number of carbonyl (C=O) groups is 1. The molecule has 0 saturated carbocycles. The average Bonchev–Trinajstić information content (AvgIpc) is 2.27. The predicted octanol–water partition coefficient (Wildman–Crippen LogP) is 1.26. The first-order valence-electron chi connectivity index (χ1n) is 3.84. The first-order valence-corrected chi connectivity index (χ1v) is 5.05. The zero-order chi connectivity index (χ0) is 10.6. The van der Waals surface area contributed by atoms with Gasteiger partial charge < -0.3 is 4.74 Å². The lowest BCUT2D eigenvalue weighted by molar-refractivity contribution is -0.143. The fourth-order valence-electron chi connectivity index (χ4n) is 0.854. The molecule has 0 amide bonds. The van der Waals surface area contributed by atoms with E-state index >= 15 is 0 Å². The first kappa shape index (κ1) is 10.8. The Morgan fingerprint density at radius 3 is 2.50 bits per heavy atom. The molecule has 0 heterocycles. The van der Waals surface area contributed by atoms with Crippen LogP contribution < -0.4 is 0 Å². The van der Waals surface area contributed by atoms with Gasteiger partial charge in [-0.15, -0.1) is 0 Å². The molecule has 2 atom stereocenters. The van der Waals surface area contributed by atoms with E-state index in [1.165, 1.54) is 12.1 Å². The highest BCUT2D eigenvalue weighted by atomic mass is 32.2. The maximum atomic E-state index is 13.1. The van der Waals surface area contributed by atoms with Gasteiger partial charge in [0.2, 0.25) is 0 Å². The molecule has 3 nitrogen and oxygen atoms in total. The summed E-state index contributed by atoms with van der Waals surface area (Å²) in [5.41, 5.74) is -2.12. The Balaban J connectivity index is 2.81. The van der Waals surface area contributed by atoms with E-state index in [1.807, 2.05) is 0 Å². The van der Waals surface area contributed by atoms with Crippen LogP contribution in [0, 0.1) is 0 Å². The topological polar surface area (TPSA) is 43.4 Å². The molecule has 0 N–H and O–H groups in total. The van der Waals surface area contributed by atoms with Crippen LogP contribution in [0.2, 0.25) is 0 Å². The van der Waals surface area contributed by atoms with Gasteiger partial charge >= 0.3 is 5.97 Å². The van der Waals surface area contributed by atoms with Crippen molar-refractivity contribution in [1.82, 2.24) is 0 Å².